The van der Waals surface area contributed by atoms with Crippen molar-refractivity contribution in [3.8, 4) is 0 Å². The summed E-state index contributed by atoms with van der Waals surface area (Å²) in [5.41, 5.74) is 2.33. The summed E-state index contributed by atoms with van der Waals surface area (Å²) in [7, 11) is 0. The summed E-state index contributed by atoms with van der Waals surface area (Å²) in [4.78, 5) is 41.3. The minimum Gasteiger partial charge on any atom is -0.461 e. The number of unbranched alkanes of at least 4 members (excludes halogenated alkanes) is 1. The lowest BCUT2D eigenvalue weighted by Gasteiger charge is -2.19. The fraction of sp³-hybridized carbons (Fsp3) is 0.400. The minimum atomic E-state index is -0.531. The standard InChI is InChI=1S/C30H38N4O5/c1-30(2,3)39-29(37)33-18-10-9-17-31-27-23-14-7-8-15-25(23)34-20-24(27)28(36)32-19-11-16-26(35)38-21-22-12-5-4-6-13-22/h4-8,12-15,20H,9-11,16-19,21H2,1-3H3,(H,31,34)(H,32,36)(H,33,37). The van der Waals surface area contributed by atoms with Crippen molar-refractivity contribution < 1.29 is 23.9 Å². The topological polar surface area (TPSA) is 119 Å². The van der Waals surface area contributed by atoms with Gasteiger partial charge >= 0.3 is 12.1 Å². The highest BCUT2D eigenvalue weighted by Gasteiger charge is 2.17. The predicted molar refractivity (Wildman–Crippen MR) is 152 cm³/mol. The Labute approximate surface area is 229 Å². The smallest absolute Gasteiger partial charge is 0.407 e. The molecule has 0 spiro atoms. The molecule has 2 amide bonds. The van der Waals surface area contributed by atoms with E-state index in [0.717, 1.165) is 29.3 Å². The lowest BCUT2D eigenvalue weighted by atomic mass is 10.1. The van der Waals surface area contributed by atoms with E-state index in [4.69, 9.17) is 9.47 Å². The van der Waals surface area contributed by atoms with Gasteiger partial charge in [-0.15, -0.1) is 0 Å². The molecule has 0 unspecified atom stereocenters. The third-order valence-electron chi connectivity index (χ3n) is 5.68. The zero-order valence-electron chi connectivity index (χ0n) is 22.9. The van der Waals surface area contributed by atoms with Crippen molar-refractivity contribution in [2.45, 2.75) is 58.7 Å². The molecule has 3 N–H and O–H groups in total. The number of hydrogen-bond donors (Lipinski definition) is 3. The molecule has 2 aromatic carbocycles. The molecule has 208 valence electrons. The summed E-state index contributed by atoms with van der Waals surface area (Å²) in [6.07, 6.45) is 3.34. The normalized spacial score (nSPS) is 11.1. The fourth-order valence-electron chi connectivity index (χ4n) is 3.81. The number of benzene rings is 2. The van der Waals surface area contributed by atoms with Crippen LogP contribution in [-0.2, 0) is 20.9 Å². The largest absolute Gasteiger partial charge is 0.461 e. The molecule has 9 heteroatoms. The maximum Gasteiger partial charge on any atom is 0.407 e. The molecule has 3 aromatic rings. The number of fused-ring (bicyclic) bond motifs is 1. The van der Waals surface area contributed by atoms with Gasteiger partial charge in [-0.05, 0) is 51.7 Å². The van der Waals surface area contributed by atoms with Crippen molar-refractivity contribution in [2.75, 3.05) is 25.0 Å². The summed E-state index contributed by atoms with van der Waals surface area (Å²) >= 11 is 0. The third-order valence-corrected chi connectivity index (χ3v) is 5.68. The van der Waals surface area contributed by atoms with E-state index in [1.54, 1.807) is 6.20 Å². The second-order valence-corrected chi connectivity index (χ2v) is 10.1. The van der Waals surface area contributed by atoms with E-state index >= 15 is 0 Å². The van der Waals surface area contributed by atoms with E-state index in [1.807, 2.05) is 75.4 Å². The summed E-state index contributed by atoms with van der Waals surface area (Å²) in [5.74, 6) is -0.566. The number of nitrogens with one attached hydrogen (secondary N) is 3. The molecule has 1 heterocycles. The fourth-order valence-corrected chi connectivity index (χ4v) is 3.81. The Balaban J connectivity index is 1.47. The molecule has 1 aromatic heterocycles. The van der Waals surface area contributed by atoms with E-state index < -0.39 is 11.7 Å². The average Bonchev–Trinajstić information content (AvgIpc) is 2.91. The first-order valence-electron chi connectivity index (χ1n) is 13.3. The average molecular weight is 535 g/mol. The molecular weight excluding hydrogens is 496 g/mol. The summed E-state index contributed by atoms with van der Waals surface area (Å²) in [6, 6.07) is 17.1. The molecule has 0 aliphatic carbocycles. The highest BCUT2D eigenvalue weighted by molar-refractivity contribution is 6.07. The van der Waals surface area contributed by atoms with Gasteiger partial charge in [-0.2, -0.15) is 0 Å². The molecule has 0 atom stereocenters. The number of alkyl carbamates (subject to hydrolysis) is 1. The quantitative estimate of drug-likeness (QED) is 0.204. The van der Waals surface area contributed by atoms with Gasteiger partial charge in [0.15, 0.2) is 0 Å². The van der Waals surface area contributed by atoms with Crippen molar-refractivity contribution in [3.05, 3.63) is 71.9 Å². The number of pyridine rings is 1. The van der Waals surface area contributed by atoms with Crippen LogP contribution in [0.2, 0.25) is 0 Å². The minimum absolute atomic E-state index is 0.214. The zero-order chi connectivity index (χ0) is 28.1. The first-order chi connectivity index (χ1) is 18.7. The first-order valence-corrected chi connectivity index (χ1v) is 13.3. The van der Waals surface area contributed by atoms with Gasteiger partial charge in [0.2, 0.25) is 0 Å². The number of carbonyl (C=O) groups excluding carboxylic acids is 3. The summed E-state index contributed by atoms with van der Waals surface area (Å²) in [5, 5.41) is 9.87. The Hall–Kier alpha value is -4.14. The number of hydrogen-bond acceptors (Lipinski definition) is 7. The summed E-state index contributed by atoms with van der Waals surface area (Å²) < 4.78 is 10.5. The maximum atomic E-state index is 13.0. The summed E-state index contributed by atoms with van der Waals surface area (Å²) in [6.45, 7) is 7.15. The van der Waals surface area contributed by atoms with Gasteiger partial charge in [0.1, 0.15) is 12.2 Å². The Kier molecular flexibility index (Phi) is 11.1. The van der Waals surface area contributed by atoms with Crippen LogP contribution in [-0.4, -0.2) is 48.2 Å². The lowest BCUT2D eigenvalue weighted by molar-refractivity contribution is -0.145. The Morgan fingerprint density at radius 1 is 0.846 bits per heavy atom. The van der Waals surface area contributed by atoms with Crippen LogP contribution in [0.5, 0.6) is 0 Å². The van der Waals surface area contributed by atoms with Gasteiger partial charge in [-0.1, -0.05) is 48.5 Å². The van der Waals surface area contributed by atoms with E-state index in [0.29, 0.717) is 37.3 Å². The number of esters is 1. The van der Waals surface area contributed by atoms with Gasteiger partial charge in [0.05, 0.1) is 16.8 Å². The second kappa shape index (κ2) is 14.7. The molecule has 39 heavy (non-hydrogen) atoms. The van der Waals surface area contributed by atoms with Crippen LogP contribution in [0.15, 0.2) is 60.8 Å². The van der Waals surface area contributed by atoms with E-state index in [1.165, 1.54) is 0 Å². The van der Waals surface area contributed by atoms with Crippen LogP contribution in [0.3, 0.4) is 0 Å². The maximum absolute atomic E-state index is 13.0. The number of nitrogens with zero attached hydrogens (tertiary/aromatic N) is 1. The molecule has 9 nitrogen and oxygen atoms in total. The molecule has 0 saturated heterocycles. The van der Waals surface area contributed by atoms with Gasteiger partial charge < -0.3 is 25.4 Å². The molecule has 3 rings (SSSR count). The first kappa shape index (κ1) is 29.4. The SMILES string of the molecule is CC(C)(C)OC(=O)NCCCCNc1c(C(=O)NCCCC(=O)OCc2ccccc2)cnc2ccccc12. The van der Waals surface area contributed by atoms with Crippen LogP contribution < -0.4 is 16.0 Å². The number of para-hydroxylation sites is 1. The third kappa shape index (κ3) is 10.3. The van der Waals surface area contributed by atoms with Crippen molar-refractivity contribution in [2.24, 2.45) is 0 Å². The number of amides is 2. The van der Waals surface area contributed by atoms with Crippen LogP contribution in [0.1, 0.15) is 62.4 Å². The molecule has 0 aliphatic rings. The number of anilines is 1. The number of carbonyl (C=O) groups is 3. The molecular formula is C30H38N4O5. The highest BCUT2D eigenvalue weighted by Crippen LogP contribution is 2.26. The lowest BCUT2D eigenvalue weighted by Crippen LogP contribution is -2.33. The van der Waals surface area contributed by atoms with Gasteiger partial charge in [-0.3, -0.25) is 14.6 Å². The molecule has 0 fully saturated rings. The molecule has 0 saturated carbocycles. The van der Waals surface area contributed by atoms with Crippen LogP contribution in [0, 0.1) is 0 Å². The van der Waals surface area contributed by atoms with Crippen LogP contribution in [0.25, 0.3) is 10.9 Å². The molecule has 0 radical (unpaired) electrons. The predicted octanol–water partition coefficient (Wildman–Crippen LogP) is 5.21. The zero-order valence-corrected chi connectivity index (χ0v) is 22.9. The van der Waals surface area contributed by atoms with Crippen LogP contribution in [0.4, 0.5) is 10.5 Å². The molecule has 0 aliphatic heterocycles. The van der Waals surface area contributed by atoms with Gasteiger partial charge in [0.25, 0.3) is 5.91 Å². The van der Waals surface area contributed by atoms with Gasteiger partial charge in [-0.25, -0.2) is 4.79 Å². The Bertz CT molecular complexity index is 1240. The van der Waals surface area contributed by atoms with Crippen molar-refractivity contribution in [1.29, 1.82) is 0 Å². The van der Waals surface area contributed by atoms with E-state index in [9.17, 15) is 14.4 Å². The van der Waals surface area contributed by atoms with E-state index in [2.05, 4.69) is 20.9 Å². The van der Waals surface area contributed by atoms with Crippen molar-refractivity contribution in [3.63, 3.8) is 0 Å². The van der Waals surface area contributed by atoms with Crippen LogP contribution >= 0.6 is 0 Å². The van der Waals surface area contributed by atoms with Gasteiger partial charge in [0, 0.05) is 37.6 Å². The number of ether oxygens (including phenoxy) is 2. The second-order valence-electron chi connectivity index (χ2n) is 10.1. The Morgan fingerprint density at radius 2 is 1.54 bits per heavy atom. The number of aromatic nitrogens is 1. The molecule has 0 bridgehead atoms. The highest BCUT2D eigenvalue weighted by atomic mass is 16.6. The van der Waals surface area contributed by atoms with Crippen molar-refractivity contribution in [1.82, 2.24) is 15.6 Å². The number of rotatable bonds is 13. The monoisotopic (exact) mass is 534 g/mol. The Morgan fingerprint density at radius 3 is 2.31 bits per heavy atom. The van der Waals surface area contributed by atoms with E-state index in [-0.39, 0.29) is 24.9 Å². The van der Waals surface area contributed by atoms with Crippen molar-refractivity contribution >= 4 is 34.6 Å².